The third-order valence-electron chi connectivity index (χ3n) is 2.41. The molecular formula is C9H12N4O2. The molecule has 0 bridgehead atoms. The van der Waals surface area contributed by atoms with E-state index in [9.17, 15) is 4.79 Å². The number of aromatic carboxylic acids is 1. The molecule has 0 aromatic carbocycles. The molecule has 1 fully saturated rings. The lowest BCUT2D eigenvalue weighted by molar-refractivity contribution is 0.0689. The fraction of sp³-hybridized carbons (Fsp3) is 0.556. The van der Waals surface area contributed by atoms with Gasteiger partial charge in [0.25, 0.3) is 0 Å². The van der Waals surface area contributed by atoms with E-state index in [1.54, 1.807) is 0 Å². The standard InChI is InChI=1S/C9H12N4O2/c14-8(15)7-6-10-12-9(11-7)13-4-2-1-3-5-13/h6H,1-5H2,(H,14,15). The van der Waals surface area contributed by atoms with Gasteiger partial charge in [0, 0.05) is 13.1 Å². The van der Waals surface area contributed by atoms with Gasteiger partial charge in [-0.1, -0.05) is 0 Å². The van der Waals surface area contributed by atoms with Gasteiger partial charge in [0.1, 0.15) is 0 Å². The third kappa shape index (κ3) is 2.20. The number of aromatic nitrogens is 3. The number of rotatable bonds is 2. The smallest absolute Gasteiger partial charge is 0.356 e. The lowest BCUT2D eigenvalue weighted by Gasteiger charge is -2.25. The van der Waals surface area contributed by atoms with Gasteiger partial charge in [0.05, 0.1) is 6.20 Å². The second-order valence-corrected chi connectivity index (χ2v) is 3.49. The van der Waals surface area contributed by atoms with Gasteiger partial charge in [0.15, 0.2) is 5.69 Å². The van der Waals surface area contributed by atoms with E-state index in [1.807, 2.05) is 4.90 Å². The highest BCUT2D eigenvalue weighted by Crippen LogP contribution is 2.14. The van der Waals surface area contributed by atoms with Gasteiger partial charge in [-0.05, 0) is 19.3 Å². The maximum atomic E-state index is 10.7. The van der Waals surface area contributed by atoms with E-state index in [0.29, 0.717) is 5.95 Å². The first kappa shape index (κ1) is 9.82. The van der Waals surface area contributed by atoms with Gasteiger partial charge in [-0.3, -0.25) is 0 Å². The Morgan fingerprint density at radius 1 is 1.33 bits per heavy atom. The van der Waals surface area contributed by atoms with Gasteiger partial charge >= 0.3 is 5.97 Å². The molecule has 0 radical (unpaired) electrons. The van der Waals surface area contributed by atoms with Crippen LogP contribution >= 0.6 is 0 Å². The molecule has 15 heavy (non-hydrogen) atoms. The molecule has 0 aliphatic carbocycles. The van der Waals surface area contributed by atoms with Crippen molar-refractivity contribution in [3.63, 3.8) is 0 Å². The zero-order valence-electron chi connectivity index (χ0n) is 8.26. The van der Waals surface area contributed by atoms with Crippen LogP contribution in [0.2, 0.25) is 0 Å². The molecule has 80 valence electrons. The summed E-state index contributed by atoms with van der Waals surface area (Å²) in [6.07, 6.45) is 4.57. The zero-order chi connectivity index (χ0) is 10.7. The molecule has 1 aliphatic rings. The van der Waals surface area contributed by atoms with Gasteiger partial charge in [-0.25, -0.2) is 9.78 Å². The van der Waals surface area contributed by atoms with Crippen LogP contribution < -0.4 is 4.90 Å². The lowest BCUT2D eigenvalue weighted by Crippen LogP contribution is -2.31. The van der Waals surface area contributed by atoms with Crippen LogP contribution in [0.25, 0.3) is 0 Å². The summed E-state index contributed by atoms with van der Waals surface area (Å²) in [5.41, 5.74) is -0.0504. The summed E-state index contributed by atoms with van der Waals surface area (Å²) < 4.78 is 0. The molecule has 0 saturated carbocycles. The first-order valence-corrected chi connectivity index (χ1v) is 4.95. The van der Waals surface area contributed by atoms with Crippen molar-refractivity contribution in [2.24, 2.45) is 0 Å². The Kier molecular flexibility index (Phi) is 2.75. The summed E-state index contributed by atoms with van der Waals surface area (Å²) in [4.78, 5) is 16.6. The van der Waals surface area contributed by atoms with E-state index >= 15 is 0 Å². The first-order valence-electron chi connectivity index (χ1n) is 4.95. The minimum Gasteiger partial charge on any atom is -0.476 e. The quantitative estimate of drug-likeness (QED) is 0.765. The Bertz CT molecular complexity index is 363. The average molecular weight is 208 g/mol. The van der Waals surface area contributed by atoms with E-state index in [0.717, 1.165) is 32.1 Å². The largest absolute Gasteiger partial charge is 0.476 e. The average Bonchev–Trinajstić information content (AvgIpc) is 2.30. The Balaban J connectivity index is 2.19. The number of nitrogens with zero attached hydrogens (tertiary/aromatic N) is 4. The number of anilines is 1. The maximum absolute atomic E-state index is 10.7. The molecule has 1 N–H and O–H groups in total. The number of carboxylic acids is 1. The Morgan fingerprint density at radius 3 is 2.73 bits per heavy atom. The van der Waals surface area contributed by atoms with Crippen molar-refractivity contribution in [2.45, 2.75) is 19.3 Å². The predicted molar refractivity (Wildman–Crippen MR) is 52.9 cm³/mol. The summed E-state index contributed by atoms with van der Waals surface area (Å²) in [6.45, 7) is 1.76. The normalized spacial score (nSPS) is 16.4. The topological polar surface area (TPSA) is 79.2 Å². The molecule has 6 nitrogen and oxygen atoms in total. The lowest BCUT2D eigenvalue weighted by atomic mass is 10.1. The highest BCUT2D eigenvalue weighted by molar-refractivity contribution is 5.85. The minimum atomic E-state index is -1.07. The number of hydrogen-bond acceptors (Lipinski definition) is 5. The first-order chi connectivity index (χ1) is 7.27. The van der Waals surface area contributed by atoms with Crippen molar-refractivity contribution in [2.75, 3.05) is 18.0 Å². The van der Waals surface area contributed by atoms with Gasteiger partial charge in [0.2, 0.25) is 5.95 Å². The van der Waals surface area contributed by atoms with Crippen molar-refractivity contribution in [1.29, 1.82) is 0 Å². The SMILES string of the molecule is O=C(O)c1cnnc(N2CCCCC2)n1. The fourth-order valence-corrected chi connectivity index (χ4v) is 1.63. The highest BCUT2D eigenvalue weighted by atomic mass is 16.4. The highest BCUT2D eigenvalue weighted by Gasteiger charge is 2.15. The van der Waals surface area contributed by atoms with Crippen LogP contribution in [0.5, 0.6) is 0 Å². The number of hydrogen-bond donors (Lipinski definition) is 1. The molecule has 1 aromatic rings. The van der Waals surface area contributed by atoms with Crippen LogP contribution in [0, 0.1) is 0 Å². The van der Waals surface area contributed by atoms with Gasteiger partial charge in [-0.2, -0.15) is 5.10 Å². The maximum Gasteiger partial charge on any atom is 0.356 e. The molecule has 0 amide bonds. The second kappa shape index (κ2) is 4.20. The molecule has 1 aromatic heterocycles. The molecule has 2 rings (SSSR count). The monoisotopic (exact) mass is 208 g/mol. The van der Waals surface area contributed by atoms with Crippen molar-refractivity contribution in [1.82, 2.24) is 15.2 Å². The summed E-state index contributed by atoms with van der Waals surface area (Å²) in [5, 5.41) is 16.3. The molecule has 1 aliphatic heterocycles. The molecule has 6 heteroatoms. The van der Waals surface area contributed by atoms with Crippen LogP contribution in [-0.2, 0) is 0 Å². The van der Waals surface area contributed by atoms with Crippen LogP contribution in [-0.4, -0.2) is 39.3 Å². The summed E-state index contributed by atoms with van der Waals surface area (Å²) in [6, 6.07) is 0. The van der Waals surface area contributed by atoms with E-state index in [2.05, 4.69) is 15.2 Å². The summed E-state index contributed by atoms with van der Waals surface area (Å²) >= 11 is 0. The van der Waals surface area contributed by atoms with Crippen LogP contribution in [0.1, 0.15) is 29.8 Å². The summed E-state index contributed by atoms with van der Waals surface area (Å²) in [7, 11) is 0. The number of carboxylic acid groups (broad SMARTS) is 1. The molecule has 2 heterocycles. The predicted octanol–water partition coefficient (Wildman–Crippen LogP) is 0.560. The number of piperidine rings is 1. The van der Waals surface area contributed by atoms with Crippen molar-refractivity contribution >= 4 is 11.9 Å². The van der Waals surface area contributed by atoms with Crippen molar-refractivity contribution in [3.8, 4) is 0 Å². The second-order valence-electron chi connectivity index (χ2n) is 3.49. The number of carbonyl (C=O) groups is 1. The molecular weight excluding hydrogens is 196 g/mol. The van der Waals surface area contributed by atoms with Crippen LogP contribution in [0.4, 0.5) is 5.95 Å². The summed E-state index contributed by atoms with van der Waals surface area (Å²) in [5.74, 6) is -0.641. The third-order valence-corrected chi connectivity index (χ3v) is 2.41. The van der Waals surface area contributed by atoms with E-state index in [4.69, 9.17) is 5.11 Å². The Labute approximate surface area is 87.0 Å². The Morgan fingerprint density at radius 2 is 2.07 bits per heavy atom. The zero-order valence-corrected chi connectivity index (χ0v) is 8.26. The van der Waals surface area contributed by atoms with E-state index in [-0.39, 0.29) is 5.69 Å². The molecule has 0 unspecified atom stereocenters. The Hall–Kier alpha value is -1.72. The minimum absolute atomic E-state index is 0.0504. The van der Waals surface area contributed by atoms with Crippen molar-refractivity contribution in [3.05, 3.63) is 11.9 Å². The van der Waals surface area contributed by atoms with Gasteiger partial charge in [-0.15, -0.1) is 5.10 Å². The van der Waals surface area contributed by atoms with Crippen LogP contribution in [0.3, 0.4) is 0 Å². The van der Waals surface area contributed by atoms with Crippen molar-refractivity contribution < 1.29 is 9.90 Å². The fourth-order valence-electron chi connectivity index (χ4n) is 1.63. The molecule has 1 saturated heterocycles. The molecule has 0 spiro atoms. The van der Waals surface area contributed by atoms with Crippen LogP contribution in [0.15, 0.2) is 6.20 Å². The van der Waals surface area contributed by atoms with E-state index < -0.39 is 5.97 Å². The van der Waals surface area contributed by atoms with E-state index in [1.165, 1.54) is 6.42 Å². The molecule has 0 atom stereocenters. The van der Waals surface area contributed by atoms with Gasteiger partial charge < -0.3 is 10.0 Å².